The fourth-order valence-electron chi connectivity index (χ4n) is 8.97. The highest BCUT2D eigenvalue weighted by Gasteiger charge is 2.21. The van der Waals surface area contributed by atoms with Gasteiger partial charge in [0, 0.05) is 49.0 Å². The standard InChI is InChI=1S/C50H30N2O/c1-2-12-31(13-3-1)49-40-25-24-34(30-46(40)52-44-20-10-6-15-36(44)35-14-4-5-18-39(35)50(49)52)51-43-19-9-7-16-37(43)41-28-32(22-26-45(41)51)33-23-27-48-42(29-33)38-17-8-11-21-47(38)53-48/h1-30H. The van der Waals surface area contributed by atoms with Gasteiger partial charge in [-0.25, -0.2) is 0 Å². The number of nitrogens with zero attached hydrogens (tertiary/aromatic N) is 2. The second-order valence-electron chi connectivity index (χ2n) is 14.1. The summed E-state index contributed by atoms with van der Waals surface area (Å²) in [7, 11) is 0. The monoisotopic (exact) mass is 674 g/mol. The van der Waals surface area contributed by atoms with Gasteiger partial charge in [0.15, 0.2) is 0 Å². The molecule has 0 fully saturated rings. The molecular weight excluding hydrogens is 645 g/mol. The van der Waals surface area contributed by atoms with E-state index in [1.54, 1.807) is 0 Å². The number of para-hydroxylation sites is 3. The Bertz CT molecular complexity index is 3450. The van der Waals surface area contributed by atoms with Crippen molar-refractivity contribution in [1.29, 1.82) is 0 Å². The molecule has 0 N–H and O–H groups in total. The van der Waals surface area contributed by atoms with E-state index in [2.05, 4.69) is 179 Å². The molecule has 0 radical (unpaired) electrons. The van der Waals surface area contributed by atoms with Gasteiger partial charge in [0.25, 0.3) is 0 Å². The summed E-state index contributed by atoms with van der Waals surface area (Å²) in [5, 5.41) is 9.78. The summed E-state index contributed by atoms with van der Waals surface area (Å²) in [6.07, 6.45) is 0. The lowest BCUT2D eigenvalue weighted by Gasteiger charge is -2.12. The summed E-state index contributed by atoms with van der Waals surface area (Å²) < 4.78 is 11.1. The van der Waals surface area contributed by atoms with Crippen LogP contribution in [0.25, 0.3) is 110 Å². The van der Waals surface area contributed by atoms with E-state index in [0.29, 0.717) is 0 Å². The lowest BCUT2D eigenvalue weighted by atomic mass is 9.99. The van der Waals surface area contributed by atoms with Gasteiger partial charge < -0.3 is 13.4 Å². The number of pyridine rings is 1. The second-order valence-corrected chi connectivity index (χ2v) is 14.1. The fraction of sp³-hybridized carbons (Fsp3) is 0. The van der Waals surface area contributed by atoms with Crippen LogP contribution in [0.2, 0.25) is 0 Å². The van der Waals surface area contributed by atoms with Crippen molar-refractivity contribution in [2.45, 2.75) is 0 Å². The third-order valence-corrected chi connectivity index (χ3v) is 11.3. The lowest BCUT2D eigenvalue weighted by molar-refractivity contribution is 0.669. The van der Waals surface area contributed by atoms with Crippen molar-refractivity contribution in [3.63, 3.8) is 0 Å². The molecule has 0 aliphatic carbocycles. The van der Waals surface area contributed by atoms with E-state index in [1.165, 1.54) is 82.2 Å². The van der Waals surface area contributed by atoms with Crippen molar-refractivity contribution in [1.82, 2.24) is 8.97 Å². The Labute approximate surface area is 304 Å². The predicted molar refractivity (Wildman–Crippen MR) is 222 cm³/mol. The molecule has 12 rings (SSSR count). The molecule has 0 aliphatic rings. The minimum atomic E-state index is 0.914. The molecule has 12 aromatic rings. The molecule has 0 saturated heterocycles. The molecule has 3 heteroatoms. The van der Waals surface area contributed by atoms with Gasteiger partial charge in [-0.05, 0) is 76.7 Å². The molecule has 4 aromatic heterocycles. The first-order valence-electron chi connectivity index (χ1n) is 18.2. The maximum absolute atomic E-state index is 6.15. The number of aromatic nitrogens is 2. The first kappa shape index (κ1) is 28.6. The van der Waals surface area contributed by atoms with E-state index < -0.39 is 0 Å². The van der Waals surface area contributed by atoms with Crippen molar-refractivity contribution >= 4 is 81.8 Å². The van der Waals surface area contributed by atoms with E-state index in [4.69, 9.17) is 4.42 Å². The molecule has 8 aromatic carbocycles. The van der Waals surface area contributed by atoms with Crippen LogP contribution >= 0.6 is 0 Å². The maximum atomic E-state index is 6.15. The van der Waals surface area contributed by atoms with Crippen molar-refractivity contribution in [3.05, 3.63) is 182 Å². The van der Waals surface area contributed by atoms with Crippen LogP contribution in [-0.4, -0.2) is 8.97 Å². The molecule has 3 nitrogen and oxygen atoms in total. The number of benzene rings is 8. The average molecular weight is 675 g/mol. The van der Waals surface area contributed by atoms with Gasteiger partial charge in [0.05, 0.1) is 27.6 Å². The van der Waals surface area contributed by atoms with Gasteiger partial charge in [-0.3, -0.25) is 0 Å². The average Bonchev–Trinajstić information content (AvgIpc) is 3.88. The Morgan fingerprint density at radius 2 is 0.925 bits per heavy atom. The predicted octanol–water partition coefficient (Wildman–Crippen LogP) is 13.7. The third kappa shape index (κ3) is 3.99. The highest BCUT2D eigenvalue weighted by Crippen LogP contribution is 2.44. The van der Waals surface area contributed by atoms with Crippen molar-refractivity contribution in [2.24, 2.45) is 0 Å². The fourth-order valence-corrected chi connectivity index (χ4v) is 8.97. The zero-order valence-corrected chi connectivity index (χ0v) is 28.6. The molecule has 0 saturated carbocycles. The van der Waals surface area contributed by atoms with Crippen LogP contribution in [0.3, 0.4) is 0 Å². The number of hydrogen-bond donors (Lipinski definition) is 0. The molecule has 0 unspecified atom stereocenters. The largest absolute Gasteiger partial charge is 0.456 e. The number of fused-ring (bicyclic) bond motifs is 14. The quantitative estimate of drug-likeness (QED) is 0.171. The Balaban J connectivity index is 1.14. The summed E-state index contributed by atoms with van der Waals surface area (Å²) in [5.74, 6) is 0. The second kappa shape index (κ2) is 10.7. The van der Waals surface area contributed by atoms with Gasteiger partial charge in [-0.15, -0.1) is 0 Å². The van der Waals surface area contributed by atoms with Crippen LogP contribution in [-0.2, 0) is 0 Å². The summed E-state index contributed by atoms with van der Waals surface area (Å²) in [4.78, 5) is 0. The topological polar surface area (TPSA) is 22.5 Å². The number of rotatable bonds is 3. The molecule has 53 heavy (non-hydrogen) atoms. The van der Waals surface area contributed by atoms with Crippen LogP contribution in [0.15, 0.2) is 186 Å². The van der Waals surface area contributed by atoms with Crippen LogP contribution < -0.4 is 0 Å². The van der Waals surface area contributed by atoms with Gasteiger partial charge in [0.1, 0.15) is 11.2 Å². The van der Waals surface area contributed by atoms with E-state index in [9.17, 15) is 0 Å². The van der Waals surface area contributed by atoms with Gasteiger partial charge in [-0.1, -0.05) is 127 Å². The first-order chi connectivity index (χ1) is 26.3. The van der Waals surface area contributed by atoms with E-state index in [-0.39, 0.29) is 0 Å². The maximum Gasteiger partial charge on any atom is 0.135 e. The van der Waals surface area contributed by atoms with Crippen LogP contribution in [0, 0.1) is 0 Å². The molecule has 246 valence electrons. The summed E-state index contributed by atoms with van der Waals surface area (Å²) in [6, 6.07) is 66.1. The van der Waals surface area contributed by atoms with Gasteiger partial charge in [-0.2, -0.15) is 0 Å². The first-order valence-corrected chi connectivity index (χ1v) is 18.2. The zero-order chi connectivity index (χ0) is 34.6. The number of furan rings is 1. The molecule has 0 amide bonds. The smallest absolute Gasteiger partial charge is 0.135 e. The Morgan fingerprint density at radius 1 is 0.321 bits per heavy atom. The van der Waals surface area contributed by atoms with E-state index >= 15 is 0 Å². The summed E-state index contributed by atoms with van der Waals surface area (Å²) in [5.41, 5.74) is 13.8. The van der Waals surface area contributed by atoms with E-state index in [1.807, 2.05) is 12.1 Å². The van der Waals surface area contributed by atoms with Crippen molar-refractivity contribution in [3.8, 4) is 27.9 Å². The minimum Gasteiger partial charge on any atom is -0.456 e. The van der Waals surface area contributed by atoms with E-state index in [0.717, 1.165) is 27.6 Å². The van der Waals surface area contributed by atoms with Crippen molar-refractivity contribution in [2.75, 3.05) is 0 Å². The third-order valence-electron chi connectivity index (χ3n) is 11.3. The molecular formula is C50H30N2O. The normalized spacial score (nSPS) is 12.2. The zero-order valence-electron chi connectivity index (χ0n) is 28.6. The number of hydrogen-bond acceptors (Lipinski definition) is 1. The Kier molecular flexibility index (Phi) is 5.77. The Hall–Kier alpha value is -7.10. The van der Waals surface area contributed by atoms with Crippen LogP contribution in [0.1, 0.15) is 0 Å². The van der Waals surface area contributed by atoms with Crippen molar-refractivity contribution < 1.29 is 4.42 Å². The Morgan fingerprint density at radius 3 is 1.75 bits per heavy atom. The van der Waals surface area contributed by atoms with Gasteiger partial charge >= 0.3 is 0 Å². The van der Waals surface area contributed by atoms with Crippen LogP contribution in [0.5, 0.6) is 0 Å². The summed E-state index contributed by atoms with van der Waals surface area (Å²) in [6.45, 7) is 0. The molecule has 0 spiro atoms. The SMILES string of the molecule is c1ccc(-c2c3ccc(-n4c5ccccc5c5cc(-c6ccc7oc8ccccc8c7c6)ccc54)cc3n3c4ccccc4c4ccccc4c23)cc1. The highest BCUT2D eigenvalue weighted by molar-refractivity contribution is 6.22. The molecule has 4 heterocycles. The van der Waals surface area contributed by atoms with Crippen LogP contribution in [0.4, 0.5) is 0 Å². The molecule has 0 bridgehead atoms. The molecule has 0 atom stereocenters. The minimum absolute atomic E-state index is 0.914. The lowest BCUT2D eigenvalue weighted by Crippen LogP contribution is -1.95. The highest BCUT2D eigenvalue weighted by atomic mass is 16.3. The van der Waals surface area contributed by atoms with Gasteiger partial charge in [0.2, 0.25) is 0 Å². The summed E-state index contributed by atoms with van der Waals surface area (Å²) >= 11 is 0. The molecule has 0 aliphatic heterocycles.